The maximum Gasteiger partial charge on any atom is 0.407 e. The minimum Gasteiger partial charge on any atom is -0.469 e. The normalized spacial score (nSPS) is 11.5. The van der Waals surface area contributed by atoms with Gasteiger partial charge < -0.3 is 20.1 Å². The van der Waals surface area contributed by atoms with E-state index in [0.29, 0.717) is 13.0 Å². The summed E-state index contributed by atoms with van der Waals surface area (Å²) in [6.07, 6.45) is 15.4. The molecule has 204 valence electrons. The van der Waals surface area contributed by atoms with E-state index in [1.54, 1.807) is 0 Å². The summed E-state index contributed by atoms with van der Waals surface area (Å²) in [5.41, 5.74) is 0. The van der Waals surface area contributed by atoms with Crippen LogP contribution in [0.5, 0.6) is 0 Å². The second-order valence-electron chi connectivity index (χ2n) is 9.23. The molecule has 35 heavy (non-hydrogen) atoms. The number of esters is 1. The minimum absolute atomic E-state index is 0.0520. The first-order valence-electron chi connectivity index (χ1n) is 13.8. The fraction of sp³-hybridized carbons (Fsp3) is 0.852. The molecule has 0 aliphatic carbocycles. The van der Waals surface area contributed by atoms with E-state index in [-0.39, 0.29) is 25.9 Å². The van der Waals surface area contributed by atoms with Gasteiger partial charge in [0, 0.05) is 19.4 Å². The number of hydrogen-bond acceptors (Lipinski definition) is 6. The minimum atomic E-state index is -0.695. The molecule has 8 nitrogen and oxygen atoms in total. The lowest BCUT2D eigenvalue weighted by molar-refractivity contribution is -0.141. The smallest absolute Gasteiger partial charge is 0.407 e. The highest BCUT2D eigenvalue weighted by molar-refractivity contribution is 6.36. The zero-order valence-corrected chi connectivity index (χ0v) is 22.5. The lowest BCUT2D eigenvalue weighted by Crippen LogP contribution is -2.43. The monoisotopic (exact) mass is 498 g/mol. The summed E-state index contributed by atoms with van der Waals surface area (Å²) in [7, 11) is 1.29. The molecule has 1 atom stereocenters. The largest absolute Gasteiger partial charge is 0.469 e. The summed E-state index contributed by atoms with van der Waals surface area (Å²) < 4.78 is 9.87. The van der Waals surface area contributed by atoms with Crippen LogP contribution in [-0.2, 0) is 23.9 Å². The van der Waals surface area contributed by atoms with Crippen molar-refractivity contribution in [1.82, 2.24) is 10.6 Å². The molecule has 2 N–H and O–H groups in total. The van der Waals surface area contributed by atoms with E-state index in [9.17, 15) is 19.2 Å². The number of amides is 2. The lowest BCUT2D eigenvalue weighted by atomic mass is 10.1. The van der Waals surface area contributed by atoms with Crippen LogP contribution >= 0.6 is 0 Å². The van der Waals surface area contributed by atoms with Crippen LogP contribution in [0.15, 0.2) is 0 Å². The van der Waals surface area contributed by atoms with Gasteiger partial charge >= 0.3 is 12.1 Å². The Bertz CT molecular complexity index is 582. The van der Waals surface area contributed by atoms with E-state index in [1.807, 2.05) is 0 Å². The van der Waals surface area contributed by atoms with Crippen molar-refractivity contribution in [3.8, 4) is 0 Å². The Morgan fingerprint density at radius 2 is 1.26 bits per heavy atom. The average molecular weight is 499 g/mol. The number of Topliss-reactive ketones (excluding diaryl/α,β-unsaturated/α-hetero) is 1. The van der Waals surface area contributed by atoms with E-state index < -0.39 is 29.8 Å². The Kier molecular flexibility index (Phi) is 22.2. The Morgan fingerprint density at radius 1 is 0.714 bits per heavy atom. The Labute approximate surface area is 212 Å². The van der Waals surface area contributed by atoms with Gasteiger partial charge in [0.1, 0.15) is 6.61 Å². The van der Waals surface area contributed by atoms with Crippen LogP contribution in [0, 0.1) is 0 Å². The molecule has 0 aliphatic heterocycles. The fourth-order valence-electron chi connectivity index (χ4n) is 3.71. The molecular weight excluding hydrogens is 448 g/mol. The molecule has 0 saturated carbocycles. The number of rotatable bonds is 23. The third kappa shape index (κ3) is 20.9. The van der Waals surface area contributed by atoms with Gasteiger partial charge in [-0.1, -0.05) is 90.9 Å². The molecule has 0 spiro atoms. The van der Waals surface area contributed by atoms with Crippen molar-refractivity contribution in [3.63, 3.8) is 0 Å². The second-order valence-corrected chi connectivity index (χ2v) is 9.23. The molecule has 0 radical (unpaired) electrons. The first-order chi connectivity index (χ1) is 16.9. The molecule has 0 aromatic carbocycles. The van der Waals surface area contributed by atoms with Crippen LogP contribution in [0.4, 0.5) is 4.79 Å². The van der Waals surface area contributed by atoms with Crippen LogP contribution in [0.3, 0.4) is 0 Å². The van der Waals surface area contributed by atoms with E-state index >= 15 is 0 Å². The zero-order chi connectivity index (χ0) is 26.2. The summed E-state index contributed by atoms with van der Waals surface area (Å²) in [4.78, 5) is 48.1. The van der Waals surface area contributed by atoms with Crippen molar-refractivity contribution in [2.45, 2.75) is 129 Å². The van der Waals surface area contributed by atoms with E-state index in [0.717, 1.165) is 38.5 Å². The quantitative estimate of drug-likeness (QED) is 0.108. The van der Waals surface area contributed by atoms with Crippen LogP contribution in [0.2, 0.25) is 0 Å². The van der Waals surface area contributed by atoms with Crippen molar-refractivity contribution in [2.24, 2.45) is 0 Å². The molecule has 0 aromatic heterocycles. The molecule has 0 saturated heterocycles. The maximum absolute atomic E-state index is 12.3. The number of ether oxygens (including phenoxy) is 2. The van der Waals surface area contributed by atoms with Gasteiger partial charge in [-0.25, -0.2) is 4.79 Å². The molecular formula is C27H50N2O6. The SMILES string of the molecule is CCCCCCCCCCC(=O)C(=O)N[C@@H](CCC(=O)OC)COC(=O)NCCCCCCCC. The number of alkyl carbamates (subject to hydrolysis) is 1. The molecule has 0 aromatic rings. The van der Waals surface area contributed by atoms with E-state index in [4.69, 9.17) is 4.74 Å². The fourth-order valence-corrected chi connectivity index (χ4v) is 3.71. The predicted octanol–water partition coefficient (Wildman–Crippen LogP) is 5.61. The molecule has 0 bridgehead atoms. The Morgan fingerprint density at radius 3 is 1.83 bits per heavy atom. The predicted molar refractivity (Wildman–Crippen MR) is 138 cm³/mol. The summed E-state index contributed by atoms with van der Waals surface area (Å²) in [5, 5.41) is 5.33. The first-order valence-corrected chi connectivity index (χ1v) is 13.8. The van der Waals surface area contributed by atoms with Gasteiger partial charge in [-0.3, -0.25) is 14.4 Å². The Hall–Kier alpha value is -2.12. The summed E-state index contributed by atoms with van der Waals surface area (Å²) >= 11 is 0. The van der Waals surface area contributed by atoms with Crippen molar-refractivity contribution in [2.75, 3.05) is 20.3 Å². The van der Waals surface area contributed by atoms with Crippen LogP contribution in [0.25, 0.3) is 0 Å². The van der Waals surface area contributed by atoms with E-state index in [2.05, 4.69) is 29.2 Å². The average Bonchev–Trinajstić information content (AvgIpc) is 2.86. The molecule has 0 fully saturated rings. The third-order valence-electron chi connectivity index (χ3n) is 5.99. The van der Waals surface area contributed by atoms with Gasteiger partial charge in [-0.2, -0.15) is 0 Å². The number of carbonyl (C=O) groups is 4. The second kappa shape index (κ2) is 23.6. The molecule has 0 aliphatic rings. The van der Waals surface area contributed by atoms with Gasteiger partial charge in [0.25, 0.3) is 5.91 Å². The Balaban J connectivity index is 4.28. The molecule has 2 amide bonds. The van der Waals surface area contributed by atoms with Crippen molar-refractivity contribution >= 4 is 23.8 Å². The highest BCUT2D eigenvalue weighted by Crippen LogP contribution is 2.10. The number of methoxy groups -OCH3 is 1. The first kappa shape index (κ1) is 32.9. The van der Waals surface area contributed by atoms with Gasteiger partial charge in [0.2, 0.25) is 5.78 Å². The summed E-state index contributed by atoms with van der Waals surface area (Å²) in [5.74, 6) is -1.60. The lowest BCUT2D eigenvalue weighted by Gasteiger charge is -2.18. The van der Waals surface area contributed by atoms with Crippen LogP contribution in [-0.4, -0.2) is 50.1 Å². The standard InChI is InChI=1S/C27H50N2O6/c1-4-6-8-10-12-13-14-16-18-24(30)26(32)29-23(19-20-25(31)34-3)22-35-27(33)28-21-17-15-11-9-7-5-2/h23H,4-22H2,1-3H3,(H,28,33)(H,29,32)/t23-/m0/s1. The highest BCUT2D eigenvalue weighted by atomic mass is 16.5. The number of ketones is 1. The van der Waals surface area contributed by atoms with E-state index in [1.165, 1.54) is 52.1 Å². The maximum atomic E-state index is 12.3. The van der Waals surface area contributed by atoms with Gasteiger partial charge in [0.15, 0.2) is 0 Å². The van der Waals surface area contributed by atoms with Crippen LogP contribution in [0.1, 0.15) is 123 Å². The summed E-state index contributed by atoms with van der Waals surface area (Å²) in [6.45, 7) is 4.78. The number of unbranched alkanes of at least 4 members (excludes halogenated alkanes) is 12. The molecule has 0 rings (SSSR count). The van der Waals surface area contributed by atoms with Crippen LogP contribution < -0.4 is 10.6 Å². The van der Waals surface area contributed by atoms with Crippen molar-refractivity contribution in [3.05, 3.63) is 0 Å². The zero-order valence-electron chi connectivity index (χ0n) is 22.5. The van der Waals surface area contributed by atoms with Gasteiger partial charge in [0.05, 0.1) is 13.2 Å². The third-order valence-corrected chi connectivity index (χ3v) is 5.99. The summed E-state index contributed by atoms with van der Waals surface area (Å²) in [6, 6.07) is -0.635. The molecule has 0 heterocycles. The number of hydrogen-bond donors (Lipinski definition) is 2. The highest BCUT2D eigenvalue weighted by Gasteiger charge is 2.21. The number of carbonyl (C=O) groups excluding carboxylic acids is 4. The van der Waals surface area contributed by atoms with Gasteiger partial charge in [-0.15, -0.1) is 0 Å². The molecule has 0 unspecified atom stereocenters. The van der Waals surface area contributed by atoms with Crippen molar-refractivity contribution < 1.29 is 28.7 Å². The number of nitrogens with one attached hydrogen (secondary N) is 2. The topological polar surface area (TPSA) is 111 Å². The van der Waals surface area contributed by atoms with Crippen molar-refractivity contribution in [1.29, 1.82) is 0 Å². The molecule has 8 heteroatoms. The van der Waals surface area contributed by atoms with Gasteiger partial charge in [-0.05, 0) is 19.3 Å².